The van der Waals surface area contributed by atoms with Crippen LogP contribution in [0.4, 0.5) is 0 Å². The molecule has 0 radical (unpaired) electrons. The van der Waals surface area contributed by atoms with Gasteiger partial charge >= 0.3 is 0 Å². The molecule has 1 heterocycles. The third-order valence-corrected chi connectivity index (χ3v) is 3.40. The Morgan fingerprint density at radius 2 is 2.18 bits per heavy atom. The van der Waals surface area contributed by atoms with Crippen molar-refractivity contribution in [3.05, 3.63) is 34.3 Å². The second-order valence-corrected chi connectivity index (χ2v) is 5.12. The Balaban J connectivity index is 2.03. The molecule has 0 aromatic heterocycles. The van der Waals surface area contributed by atoms with Gasteiger partial charge < -0.3 is 4.90 Å². The molecule has 0 unspecified atom stereocenters. The predicted molar refractivity (Wildman–Crippen MR) is 68.9 cm³/mol. The summed E-state index contributed by atoms with van der Waals surface area (Å²) in [6.07, 6.45) is 2.52. The molecule has 1 aliphatic heterocycles. The summed E-state index contributed by atoms with van der Waals surface area (Å²) in [5, 5.41) is 0. The van der Waals surface area contributed by atoms with Gasteiger partial charge in [-0.3, -0.25) is 9.59 Å². The summed E-state index contributed by atoms with van der Waals surface area (Å²) < 4.78 is 0.883. The molecule has 0 N–H and O–H groups in total. The number of likely N-dealkylation sites (tertiary alicyclic amines) is 1. The maximum atomic E-state index is 12.0. The van der Waals surface area contributed by atoms with Crippen LogP contribution in [0.15, 0.2) is 28.7 Å². The van der Waals surface area contributed by atoms with Gasteiger partial charge in [0.2, 0.25) is 5.91 Å². The Labute approximate surface area is 109 Å². The van der Waals surface area contributed by atoms with E-state index in [4.69, 9.17) is 0 Å². The molecule has 1 aromatic carbocycles. The molecular formula is C13H14BrNO2. The van der Waals surface area contributed by atoms with E-state index < -0.39 is 0 Å². The van der Waals surface area contributed by atoms with Crippen LogP contribution in [0.1, 0.15) is 29.6 Å². The predicted octanol–water partition coefficient (Wildman–Crippen LogP) is 2.64. The van der Waals surface area contributed by atoms with Crippen molar-refractivity contribution in [2.24, 2.45) is 0 Å². The van der Waals surface area contributed by atoms with E-state index in [-0.39, 0.29) is 18.2 Å². The summed E-state index contributed by atoms with van der Waals surface area (Å²) in [4.78, 5) is 25.2. The number of piperidine rings is 1. The first-order valence-corrected chi connectivity index (χ1v) is 6.52. The highest BCUT2D eigenvalue weighted by Gasteiger charge is 2.20. The first-order valence-electron chi connectivity index (χ1n) is 5.73. The van der Waals surface area contributed by atoms with Gasteiger partial charge in [0.1, 0.15) is 0 Å². The van der Waals surface area contributed by atoms with Crippen LogP contribution < -0.4 is 0 Å². The molecule has 4 heteroatoms. The largest absolute Gasteiger partial charge is 0.335 e. The summed E-state index contributed by atoms with van der Waals surface area (Å²) in [6, 6.07) is 7.27. The van der Waals surface area contributed by atoms with Gasteiger partial charge in [0.25, 0.3) is 0 Å². The van der Waals surface area contributed by atoms with Gasteiger partial charge in [-0.1, -0.05) is 28.1 Å². The van der Waals surface area contributed by atoms with Gasteiger partial charge in [0, 0.05) is 23.0 Å². The number of halogens is 1. The van der Waals surface area contributed by atoms with E-state index in [2.05, 4.69) is 15.9 Å². The minimum Gasteiger partial charge on any atom is -0.335 e. The van der Waals surface area contributed by atoms with Crippen LogP contribution in [-0.2, 0) is 4.79 Å². The van der Waals surface area contributed by atoms with E-state index >= 15 is 0 Å². The van der Waals surface area contributed by atoms with Gasteiger partial charge in [-0.05, 0) is 25.0 Å². The van der Waals surface area contributed by atoms with Crippen molar-refractivity contribution in [3.8, 4) is 0 Å². The number of carbonyl (C=O) groups excluding carboxylic acids is 2. The van der Waals surface area contributed by atoms with Gasteiger partial charge in [-0.15, -0.1) is 0 Å². The standard InChI is InChI=1S/C13H14BrNO2/c14-11-5-3-4-10(8-11)12(16)9-15-7-2-1-6-13(15)17/h3-5,8H,1-2,6-7,9H2. The number of carbonyl (C=O) groups is 2. The van der Waals surface area contributed by atoms with Crippen LogP contribution in [0, 0.1) is 0 Å². The Morgan fingerprint density at radius 3 is 2.88 bits per heavy atom. The second kappa shape index (κ2) is 5.45. The lowest BCUT2D eigenvalue weighted by Crippen LogP contribution is -2.39. The summed E-state index contributed by atoms with van der Waals surface area (Å²) in [7, 11) is 0. The molecule has 0 atom stereocenters. The lowest BCUT2D eigenvalue weighted by molar-refractivity contribution is -0.132. The Bertz CT molecular complexity index is 445. The Kier molecular flexibility index (Phi) is 3.94. The molecule has 0 spiro atoms. The number of hydrogen-bond donors (Lipinski definition) is 0. The third-order valence-electron chi connectivity index (χ3n) is 2.90. The van der Waals surface area contributed by atoms with E-state index in [1.807, 2.05) is 12.1 Å². The monoisotopic (exact) mass is 295 g/mol. The van der Waals surface area contributed by atoms with Gasteiger partial charge in [-0.2, -0.15) is 0 Å². The maximum absolute atomic E-state index is 12.0. The SMILES string of the molecule is O=C(CN1CCCCC1=O)c1cccc(Br)c1. The first kappa shape index (κ1) is 12.3. The summed E-state index contributed by atoms with van der Waals surface area (Å²) in [6.45, 7) is 0.911. The molecule has 1 aromatic rings. The van der Waals surface area contributed by atoms with Gasteiger partial charge in [-0.25, -0.2) is 0 Å². The molecule has 0 saturated carbocycles. The highest BCUT2D eigenvalue weighted by atomic mass is 79.9. The number of amides is 1. The fourth-order valence-electron chi connectivity index (χ4n) is 1.96. The molecule has 1 fully saturated rings. The third kappa shape index (κ3) is 3.16. The quantitative estimate of drug-likeness (QED) is 0.804. The number of benzene rings is 1. The molecule has 3 nitrogen and oxygen atoms in total. The summed E-state index contributed by atoms with van der Waals surface area (Å²) in [5.74, 6) is 0.0983. The molecule has 0 bridgehead atoms. The molecule has 1 aliphatic rings. The fourth-order valence-corrected chi connectivity index (χ4v) is 2.35. The van der Waals surface area contributed by atoms with Gasteiger partial charge in [0.15, 0.2) is 5.78 Å². The number of nitrogens with zero attached hydrogens (tertiary/aromatic N) is 1. The fraction of sp³-hybridized carbons (Fsp3) is 0.385. The highest BCUT2D eigenvalue weighted by Crippen LogP contribution is 2.14. The second-order valence-electron chi connectivity index (χ2n) is 4.21. The Morgan fingerprint density at radius 1 is 1.35 bits per heavy atom. The first-order chi connectivity index (χ1) is 8.16. The summed E-state index contributed by atoms with van der Waals surface area (Å²) in [5.41, 5.74) is 0.651. The molecule has 2 rings (SSSR count). The highest BCUT2D eigenvalue weighted by molar-refractivity contribution is 9.10. The van der Waals surface area contributed by atoms with E-state index in [9.17, 15) is 9.59 Å². The molecule has 90 valence electrons. The van der Waals surface area contributed by atoms with Crippen molar-refractivity contribution in [2.45, 2.75) is 19.3 Å². The molecule has 1 amide bonds. The Hall–Kier alpha value is -1.16. The van der Waals surface area contributed by atoms with E-state index in [1.165, 1.54) is 0 Å². The average molecular weight is 296 g/mol. The number of hydrogen-bond acceptors (Lipinski definition) is 2. The van der Waals surface area contributed by atoms with E-state index in [1.54, 1.807) is 17.0 Å². The zero-order valence-electron chi connectivity index (χ0n) is 9.49. The van der Waals surface area contributed by atoms with Crippen molar-refractivity contribution in [1.29, 1.82) is 0 Å². The normalized spacial score (nSPS) is 16.1. The van der Waals surface area contributed by atoms with Crippen molar-refractivity contribution >= 4 is 27.6 Å². The number of rotatable bonds is 3. The van der Waals surface area contributed by atoms with E-state index in [0.29, 0.717) is 18.5 Å². The maximum Gasteiger partial charge on any atom is 0.222 e. The summed E-state index contributed by atoms with van der Waals surface area (Å²) >= 11 is 3.33. The average Bonchev–Trinajstić information content (AvgIpc) is 2.32. The smallest absolute Gasteiger partial charge is 0.222 e. The zero-order chi connectivity index (χ0) is 12.3. The van der Waals surface area contributed by atoms with Crippen molar-refractivity contribution in [3.63, 3.8) is 0 Å². The number of ketones is 1. The van der Waals surface area contributed by atoms with Crippen LogP contribution in [-0.4, -0.2) is 29.7 Å². The van der Waals surface area contributed by atoms with Crippen molar-refractivity contribution in [2.75, 3.05) is 13.1 Å². The lowest BCUT2D eigenvalue weighted by Gasteiger charge is -2.25. The van der Waals surface area contributed by atoms with Crippen molar-refractivity contribution in [1.82, 2.24) is 4.90 Å². The lowest BCUT2D eigenvalue weighted by atomic mass is 10.1. The van der Waals surface area contributed by atoms with Crippen LogP contribution >= 0.6 is 15.9 Å². The van der Waals surface area contributed by atoms with Gasteiger partial charge in [0.05, 0.1) is 6.54 Å². The zero-order valence-corrected chi connectivity index (χ0v) is 11.1. The molecule has 0 aliphatic carbocycles. The van der Waals surface area contributed by atoms with Crippen molar-refractivity contribution < 1.29 is 9.59 Å². The minimum atomic E-state index is 0.00144. The van der Waals surface area contributed by atoms with Crippen LogP contribution in [0.2, 0.25) is 0 Å². The van der Waals surface area contributed by atoms with E-state index in [0.717, 1.165) is 17.3 Å². The van der Waals surface area contributed by atoms with Crippen LogP contribution in [0.25, 0.3) is 0 Å². The minimum absolute atomic E-state index is 0.00144. The molecular weight excluding hydrogens is 282 g/mol. The van der Waals surface area contributed by atoms with Crippen LogP contribution in [0.3, 0.4) is 0 Å². The number of Topliss-reactive ketones (excluding diaryl/α,β-unsaturated/α-hetero) is 1. The molecule has 17 heavy (non-hydrogen) atoms. The van der Waals surface area contributed by atoms with Crippen LogP contribution in [0.5, 0.6) is 0 Å². The molecule has 1 saturated heterocycles. The topological polar surface area (TPSA) is 37.4 Å².